The highest BCUT2D eigenvalue weighted by Crippen LogP contribution is 2.41. The number of fused-ring (bicyclic) bond motifs is 2. The van der Waals surface area contributed by atoms with Crippen molar-refractivity contribution in [3.63, 3.8) is 0 Å². The van der Waals surface area contributed by atoms with Gasteiger partial charge in [-0.25, -0.2) is 15.0 Å². The van der Waals surface area contributed by atoms with Crippen molar-refractivity contribution >= 4 is 38.4 Å². The van der Waals surface area contributed by atoms with E-state index in [-0.39, 0.29) is 29.4 Å². The van der Waals surface area contributed by atoms with E-state index >= 15 is 0 Å². The van der Waals surface area contributed by atoms with Gasteiger partial charge in [0.15, 0.2) is 16.7 Å². The number of nitrogens with zero attached hydrogens (tertiary/aromatic N) is 4. The molecule has 0 fully saturated rings. The van der Waals surface area contributed by atoms with Crippen molar-refractivity contribution in [3.05, 3.63) is 54.5 Å². The Kier molecular flexibility index (Phi) is 5.46. The van der Waals surface area contributed by atoms with Gasteiger partial charge in [0.2, 0.25) is 0 Å². The molecule has 1 aliphatic rings. The molecule has 0 radical (unpaired) electrons. The molecule has 3 N–H and O–H groups in total. The maximum atomic E-state index is 13.0. The Morgan fingerprint density at radius 3 is 2.59 bits per heavy atom. The van der Waals surface area contributed by atoms with Crippen molar-refractivity contribution in [2.24, 2.45) is 7.05 Å². The second kappa shape index (κ2) is 8.47. The summed E-state index contributed by atoms with van der Waals surface area (Å²) in [5.41, 5.74) is 2.44. The van der Waals surface area contributed by atoms with Gasteiger partial charge in [0.25, 0.3) is 10.0 Å². The SMILES string of the molecule is COc1cc2c(c(Nc3nc4ccccc4nc3NS(=O)(=O)c3cn(C)cn3)c1)OC(CO)C2. The van der Waals surface area contributed by atoms with Crippen LogP contribution in [0.4, 0.5) is 17.3 Å². The van der Waals surface area contributed by atoms with Gasteiger partial charge in [-0.1, -0.05) is 12.1 Å². The number of anilines is 3. The number of ether oxygens (including phenoxy) is 2. The first kappa shape index (κ1) is 21.9. The number of hydrogen-bond donors (Lipinski definition) is 3. The molecule has 5 rings (SSSR count). The number of methoxy groups -OCH3 is 1. The number of para-hydroxylation sites is 2. The van der Waals surface area contributed by atoms with Crippen molar-refractivity contribution in [2.75, 3.05) is 23.8 Å². The summed E-state index contributed by atoms with van der Waals surface area (Å²) in [4.78, 5) is 13.0. The van der Waals surface area contributed by atoms with Gasteiger partial charge in [-0.3, -0.25) is 4.72 Å². The van der Waals surface area contributed by atoms with Gasteiger partial charge in [-0.05, 0) is 18.2 Å². The van der Waals surface area contributed by atoms with Crippen LogP contribution in [0.25, 0.3) is 11.0 Å². The van der Waals surface area contributed by atoms with Crippen LogP contribution in [0.3, 0.4) is 0 Å². The normalized spacial score (nSPS) is 15.1. The van der Waals surface area contributed by atoms with E-state index in [1.54, 1.807) is 38.4 Å². The van der Waals surface area contributed by atoms with Crippen LogP contribution < -0.4 is 19.5 Å². The number of hydrogen-bond acceptors (Lipinski definition) is 9. The first-order valence-corrected chi connectivity index (χ1v) is 11.9. The van der Waals surface area contributed by atoms with Crippen molar-refractivity contribution in [2.45, 2.75) is 17.6 Å². The Labute approximate surface area is 195 Å². The molecule has 2 aromatic heterocycles. The first-order chi connectivity index (χ1) is 16.4. The smallest absolute Gasteiger partial charge is 0.282 e. The summed E-state index contributed by atoms with van der Waals surface area (Å²) in [5.74, 6) is 1.28. The fourth-order valence-electron chi connectivity index (χ4n) is 3.71. The van der Waals surface area contributed by atoms with Crippen LogP contribution in [0.1, 0.15) is 5.56 Å². The average Bonchev–Trinajstić information content (AvgIpc) is 3.45. The van der Waals surface area contributed by atoms with Crippen molar-refractivity contribution in [1.29, 1.82) is 0 Å². The van der Waals surface area contributed by atoms with Gasteiger partial charge < -0.3 is 24.5 Å². The predicted octanol–water partition coefficient (Wildman–Crippen LogP) is 2.21. The zero-order valence-electron chi connectivity index (χ0n) is 18.4. The van der Waals surface area contributed by atoms with Gasteiger partial charge in [0.05, 0.1) is 36.8 Å². The van der Waals surface area contributed by atoms with Gasteiger partial charge in [0.1, 0.15) is 17.6 Å². The second-order valence-electron chi connectivity index (χ2n) is 7.81. The van der Waals surface area contributed by atoms with E-state index < -0.39 is 10.0 Å². The molecule has 4 aromatic rings. The summed E-state index contributed by atoms with van der Waals surface area (Å²) in [6, 6.07) is 10.7. The van der Waals surface area contributed by atoms with Crippen molar-refractivity contribution in [3.8, 4) is 11.5 Å². The summed E-state index contributed by atoms with van der Waals surface area (Å²) in [6.45, 7) is -0.138. The standard InChI is InChI=1S/C22H22N6O5S/c1-28-10-19(23-12-28)34(30,31)27-22-21(24-16-5-3-4-6-17(16)25-22)26-18-9-14(32-2)7-13-8-15(11-29)33-20(13)18/h3-7,9-10,12,15,29H,8,11H2,1-2H3,(H,24,26)(H,25,27). The lowest BCUT2D eigenvalue weighted by Gasteiger charge is -2.16. The minimum absolute atomic E-state index is 0.00220. The zero-order valence-corrected chi connectivity index (χ0v) is 19.2. The van der Waals surface area contributed by atoms with Crippen LogP contribution in [0.15, 0.2) is 53.9 Å². The third-order valence-corrected chi connectivity index (χ3v) is 6.55. The Morgan fingerprint density at radius 1 is 1.21 bits per heavy atom. The van der Waals surface area contributed by atoms with E-state index in [1.165, 1.54) is 17.1 Å². The summed E-state index contributed by atoms with van der Waals surface area (Å²) in [7, 11) is -0.799. The number of aliphatic hydroxyl groups excluding tert-OH is 1. The molecule has 0 aliphatic carbocycles. The minimum atomic E-state index is -4.03. The van der Waals surface area contributed by atoms with E-state index in [4.69, 9.17) is 9.47 Å². The molecule has 0 amide bonds. The maximum absolute atomic E-state index is 13.0. The third kappa shape index (κ3) is 4.08. The van der Waals surface area contributed by atoms with Gasteiger partial charge in [0, 0.05) is 31.3 Å². The highest BCUT2D eigenvalue weighted by molar-refractivity contribution is 7.92. The van der Waals surface area contributed by atoms with Crippen LogP contribution in [0, 0.1) is 0 Å². The maximum Gasteiger partial charge on any atom is 0.282 e. The topological polar surface area (TPSA) is 140 Å². The predicted molar refractivity (Wildman–Crippen MR) is 125 cm³/mol. The largest absolute Gasteiger partial charge is 0.497 e. The summed E-state index contributed by atoms with van der Waals surface area (Å²) in [6.07, 6.45) is 2.92. The number of aryl methyl sites for hydroxylation is 1. The molecule has 176 valence electrons. The van der Waals surface area contributed by atoms with E-state index in [1.807, 2.05) is 12.1 Å². The molecule has 34 heavy (non-hydrogen) atoms. The lowest BCUT2D eigenvalue weighted by Crippen LogP contribution is -2.18. The summed E-state index contributed by atoms with van der Waals surface area (Å²) >= 11 is 0. The van der Waals surface area contributed by atoms with Crippen LogP contribution in [0.2, 0.25) is 0 Å². The zero-order chi connectivity index (χ0) is 23.9. The Hall–Kier alpha value is -3.90. The molecular weight excluding hydrogens is 460 g/mol. The van der Waals surface area contributed by atoms with Gasteiger partial charge in [-0.15, -0.1) is 0 Å². The number of benzene rings is 2. The van der Waals surface area contributed by atoms with Crippen LogP contribution in [-0.2, 0) is 23.5 Å². The molecule has 1 atom stereocenters. The molecule has 1 unspecified atom stereocenters. The van der Waals surface area contributed by atoms with E-state index in [0.717, 1.165) is 5.56 Å². The minimum Gasteiger partial charge on any atom is -0.497 e. The Balaban J connectivity index is 1.60. The molecule has 11 nitrogen and oxygen atoms in total. The van der Waals surface area contributed by atoms with Crippen molar-refractivity contribution < 1.29 is 23.0 Å². The van der Waals surface area contributed by atoms with Gasteiger partial charge >= 0.3 is 0 Å². The third-order valence-electron chi connectivity index (χ3n) is 5.32. The lowest BCUT2D eigenvalue weighted by atomic mass is 10.1. The van der Waals surface area contributed by atoms with E-state index in [2.05, 4.69) is 25.0 Å². The highest BCUT2D eigenvalue weighted by Gasteiger charge is 2.28. The average molecular weight is 483 g/mol. The van der Waals surface area contributed by atoms with Crippen LogP contribution in [-0.4, -0.2) is 52.9 Å². The molecule has 1 aliphatic heterocycles. The van der Waals surface area contributed by atoms with Gasteiger partial charge in [-0.2, -0.15) is 8.42 Å². The summed E-state index contributed by atoms with van der Waals surface area (Å²) < 4.78 is 41.3. The Morgan fingerprint density at radius 2 is 1.94 bits per heavy atom. The fraction of sp³-hybridized carbons (Fsp3) is 0.227. The van der Waals surface area contributed by atoms with E-state index in [9.17, 15) is 13.5 Å². The number of sulfonamides is 1. The molecule has 3 heterocycles. The number of nitrogens with one attached hydrogen (secondary N) is 2. The number of rotatable bonds is 7. The molecule has 0 saturated heterocycles. The molecular formula is C22H22N6O5S. The second-order valence-corrected chi connectivity index (χ2v) is 9.44. The first-order valence-electron chi connectivity index (χ1n) is 10.4. The Bertz CT molecular complexity index is 1490. The molecule has 0 spiro atoms. The summed E-state index contributed by atoms with van der Waals surface area (Å²) in [5, 5.41) is 12.6. The number of aliphatic hydroxyl groups is 1. The fourth-order valence-corrected chi connectivity index (χ4v) is 4.70. The molecule has 0 bridgehead atoms. The molecule has 12 heteroatoms. The van der Waals surface area contributed by atoms with Crippen molar-refractivity contribution in [1.82, 2.24) is 19.5 Å². The lowest BCUT2D eigenvalue weighted by molar-refractivity contribution is 0.135. The van der Waals surface area contributed by atoms with Crippen LogP contribution >= 0.6 is 0 Å². The number of aromatic nitrogens is 4. The quantitative estimate of drug-likeness (QED) is 0.361. The molecule has 0 saturated carbocycles. The van der Waals surface area contributed by atoms with E-state index in [0.29, 0.717) is 34.6 Å². The molecule has 2 aromatic carbocycles. The highest BCUT2D eigenvalue weighted by atomic mass is 32.2. The van der Waals surface area contributed by atoms with Crippen LogP contribution in [0.5, 0.6) is 11.5 Å². The number of imidazole rings is 1. The monoisotopic (exact) mass is 482 g/mol.